The smallest absolute Gasteiger partial charge is 0.338 e. The minimum atomic E-state index is -3.91. The highest BCUT2D eigenvalue weighted by atomic mass is 32.2. The molecule has 32 heavy (non-hydrogen) atoms. The quantitative estimate of drug-likeness (QED) is 0.413. The first-order valence-electron chi connectivity index (χ1n) is 10.0. The van der Waals surface area contributed by atoms with Gasteiger partial charge in [-0.15, -0.1) is 0 Å². The van der Waals surface area contributed by atoms with Crippen LogP contribution in [0.5, 0.6) is 0 Å². The predicted molar refractivity (Wildman–Crippen MR) is 124 cm³/mol. The van der Waals surface area contributed by atoms with Gasteiger partial charge in [-0.25, -0.2) is 13.2 Å². The molecule has 6 nitrogen and oxygen atoms in total. The SMILES string of the molecule is Cc1ccc(NS(=O)(=O)c2ccc(C)c(C(=O)OCC(=O)c3ccc(C)c(C)c3)c2)cc1. The number of sulfonamides is 1. The van der Waals surface area contributed by atoms with Gasteiger partial charge in [-0.1, -0.05) is 35.9 Å². The van der Waals surface area contributed by atoms with Crippen molar-refractivity contribution in [2.45, 2.75) is 32.6 Å². The molecule has 3 rings (SSSR count). The average Bonchev–Trinajstić information content (AvgIpc) is 2.75. The summed E-state index contributed by atoms with van der Waals surface area (Å²) in [5, 5.41) is 0. The van der Waals surface area contributed by atoms with Crippen molar-refractivity contribution in [1.29, 1.82) is 0 Å². The van der Waals surface area contributed by atoms with Crippen LogP contribution in [0.1, 0.15) is 43.0 Å². The lowest BCUT2D eigenvalue weighted by Gasteiger charge is -2.12. The number of carbonyl (C=O) groups is 2. The predicted octanol–water partition coefficient (Wildman–Crippen LogP) is 4.76. The molecule has 0 saturated carbocycles. The van der Waals surface area contributed by atoms with E-state index in [0.29, 0.717) is 16.8 Å². The maximum Gasteiger partial charge on any atom is 0.338 e. The summed E-state index contributed by atoms with van der Waals surface area (Å²) in [6.07, 6.45) is 0. The van der Waals surface area contributed by atoms with E-state index in [0.717, 1.165) is 16.7 Å². The number of Topliss-reactive ketones (excluding diaryl/α,β-unsaturated/α-hetero) is 1. The average molecular weight is 452 g/mol. The summed E-state index contributed by atoms with van der Waals surface area (Å²) in [6.45, 7) is 6.99. The van der Waals surface area contributed by atoms with Gasteiger partial charge in [-0.3, -0.25) is 9.52 Å². The van der Waals surface area contributed by atoms with Crippen LogP contribution >= 0.6 is 0 Å². The second-order valence-electron chi connectivity index (χ2n) is 7.75. The molecule has 0 bridgehead atoms. The fourth-order valence-electron chi connectivity index (χ4n) is 3.03. The summed E-state index contributed by atoms with van der Waals surface area (Å²) < 4.78 is 33.2. The number of hydrogen-bond acceptors (Lipinski definition) is 5. The molecular formula is C25H25NO5S. The fraction of sp³-hybridized carbons (Fsp3) is 0.200. The molecule has 0 unspecified atom stereocenters. The zero-order valence-electron chi connectivity index (χ0n) is 18.4. The van der Waals surface area contributed by atoms with Gasteiger partial charge in [0.15, 0.2) is 12.4 Å². The van der Waals surface area contributed by atoms with Crippen molar-refractivity contribution in [1.82, 2.24) is 0 Å². The fourth-order valence-corrected chi connectivity index (χ4v) is 4.12. The third kappa shape index (κ3) is 5.42. The van der Waals surface area contributed by atoms with E-state index in [1.54, 1.807) is 43.3 Å². The van der Waals surface area contributed by atoms with Crippen molar-refractivity contribution in [3.05, 3.63) is 94.0 Å². The molecule has 0 aliphatic rings. The number of esters is 1. The van der Waals surface area contributed by atoms with Crippen LogP contribution in [0.4, 0.5) is 5.69 Å². The minimum absolute atomic E-state index is 0.0730. The largest absolute Gasteiger partial charge is 0.454 e. The van der Waals surface area contributed by atoms with Crippen LogP contribution in [-0.4, -0.2) is 26.8 Å². The van der Waals surface area contributed by atoms with Crippen molar-refractivity contribution in [3.63, 3.8) is 0 Å². The number of anilines is 1. The third-order valence-corrected chi connectivity index (χ3v) is 6.59. The van der Waals surface area contributed by atoms with Gasteiger partial charge in [-0.05, 0) is 74.7 Å². The number of nitrogens with one attached hydrogen (secondary N) is 1. The first-order chi connectivity index (χ1) is 15.1. The second kappa shape index (κ2) is 9.36. The molecule has 166 valence electrons. The molecule has 0 spiro atoms. The van der Waals surface area contributed by atoms with Gasteiger partial charge in [-0.2, -0.15) is 0 Å². The zero-order chi connectivity index (χ0) is 23.5. The molecule has 0 heterocycles. The van der Waals surface area contributed by atoms with E-state index >= 15 is 0 Å². The van der Waals surface area contributed by atoms with Gasteiger partial charge in [0.2, 0.25) is 0 Å². The van der Waals surface area contributed by atoms with Crippen molar-refractivity contribution in [2.24, 2.45) is 0 Å². The zero-order valence-corrected chi connectivity index (χ0v) is 19.2. The van der Waals surface area contributed by atoms with E-state index in [1.807, 2.05) is 26.8 Å². The Hall–Kier alpha value is -3.45. The van der Waals surface area contributed by atoms with Crippen LogP contribution in [0.3, 0.4) is 0 Å². The van der Waals surface area contributed by atoms with E-state index in [2.05, 4.69) is 4.72 Å². The molecule has 7 heteroatoms. The van der Waals surface area contributed by atoms with Crippen molar-refractivity contribution < 1.29 is 22.7 Å². The highest BCUT2D eigenvalue weighted by Gasteiger charge is 2.20. The standard InChI is InChI=1S/C25H25NO5S/c1-16-5-10-21(11-6-16)26-32(29,30)22-12-8-18(3)23(14-22)25(28)31-15-24(27)20-9-7-17(2)19(4)13-20/h5-14,26H,15H2,1-4H3. The molecular weight excluding hydrogens is 426 g/mol. The van der Waals surface area contributed by atoms with Gasteiger partial charge in [0.25, 0.3) is 10.0 Å². The summed E-state index contributed by atoms with van der Waals surface area (Å²) in [5.41, 5.74) is 4.54. The number of ketones is 1. The maximum absolute atomic E-state index is 12.8. The van der Waals surface area contributed by atoms with Gasteiger partial charge in [0.1, 0.15) is 0 Å². The van der Waals surface area contributed by atoms with E-state index < -0.39 is 22.6 Å². The number of hydrogen-bond donors (Lipinski definition) is 1. The molecule has 0 aliphatic heterocycles. The monoisotopic (exact) mass is 451 g/mol. The normalized spacial score (nSPS) is 11.1. The molecule has 1 N–H and O–H groups in total. The Balaban J connectivity index is 1.75. The molecule has 0 saturated heterocycles. The Bertz CT molecular complexity index is 1280. The van der Waals surface area contributed by atoms with Gasteiger partial charge in [0, 0.05) is 11.3 Å². The van der Waals surface area contributed by atoms with Crippen molar-refractivity contribution >= 4 is 27.5 Å². The Morgan fingerprint density at radius 1 is 0.812 bits per heavy atom. The Morgan fingerprint density at radius 2 is 1.47 bits per heavy atom. The lowest BCUT2D eigenvalue weighted by molar-refractivity contribution is 0.0473. The molecule has 0 fully saturated rings. The summed E-state index contributed by atoms with van der Waals surface area (Å²) in [6, 6.07) is 16.4. The van der Waals surface area contributed by atoms with E-state index in [1.165, 1.54) is 18.2 Å². The summed E-state index contributed by atoms with van der Waals surface area (Å²) in [4.78, 5) is 24.9. The van der Waals surface area contributed by atoms with Crippen LogP contribution < -0.4 is 4.72 Å². The molecule has 3 aromatic carbocycles. The first kappa shape index (κ1) is 23.2. The highest BCUT2D eigenvalue weighted by molar-refractivity contribution is 7.92. The topological polar surface area (TPSA) is 89.5 Å². The van der Waals surface area contributed by atoms with E-state index in [-0.39, 0.29) is 16.2 Å². The molecule has 0 atom stereocenters. The number of carbonyl (C=O) groups excluding carboxylic acids is 2. The second-order valence-corrected chi connectivity index (χ2v) is 9.43. The number of ether oxygens (including phenoxy) is 1. The lowest BCUT2D eigenvalue weighted by atomic mass is 10.0. The Kier molecular flexibility index (Phi) is 6.79. The molecule has 0 radical (unpaired) electrons. The van der Waals surface area contributed by atoms with Gasteiger partial charge in [0.05, 0.1) is 10.5 Å². The molecule has 3 aromatic rings. The molecule has 0 aromatic heterocycles. The Labute approximate surface area is 188 Å². The van der Waals surface area contributed by atoms with Crippen LogP contribution in [0.25, 0.3) is 0 Å². The summed E-state index contributed by atoms with van der Waals surface area (Å²) in [7, 11) is -3.91. The lowest BCUT2D eigenvalue weighted by Crippen LogP contribution is -2.17. The summed E-state index contributed by atoms with van der Waals surface area (Å²) in [5.74, 6) is -1.09. The van der Waals surface area contributed by atoms with Crippen LogP contribution in [0.15, 0.2) is 65.6 Å². The van der Waals surface area contributed by atoms with Crippen LogP contribution in [-0.2, 0) is 14.8 Å². The highest BCUT2D eigenvalue weighted by Crippen LogP contribution is 2.20. The maximum atomic E-state index is 12.8. The first-order valence-corrected chi connectivity index (χ1v) is 11.5. The van der Waals surface area contributed by atoms with Crippen LogP contribution in [0.2, 0.25) is 0 Å². The van der Waals surface area contributed by atoms with Crippen LogP contribution in [0, 0.1) is 27.7 Å². The molecule has 0 amide bonds. The summed E-state index contributed by atoms with van der Waals surface area (Å²) >= 11 is 0. The third-order valence-electron chi connectivity index (χ3n) is 5.21. The van der Waals surface area contributed by atoms with Gasteiger partial charge < -0.3 is 4.74 Å². The van der Waals surface area contributed by atoms with Crippen molar-refractivity contribution in [3.8, 4) is 0 Å². The number of rotatable bonds is 7. The van der Waals surface area contributed by atoms with Gasteiger partial charge >= 0.3 is 5.97 Å². The Morgan fingerprint density at radius 3 is 2.12 bits per heavy atom. The van der Waals surface area contributed by atoms with E-state index in [9.17, 15) is 18.0 Å². The minimum Gasteiger partial charge on any atom is -0.454 e. The number of benzene rings is 3. The van der Waals surface area contributed by atoms with E-state index in [4.69, 9.17) is 4.74 Å². The molecule has 0 aliphatic carbocycles. The number of aryl methyl sites for hydroxylation is 4. The van der Waals surface area contributed by atoms with Crippen molar-refractivity contribution in [2.75, 3.05) is 11.3 Å².